The lowest BCUT2D eigenvalue weighted by molar-refractivity contribution is 0.0770. The third-order valence-corrected chi connectivity index (χ3v) is 6.48. The number of aromatic nitrogens is 3. The van der Waals surface area contributed by atoms with Crippen molar-refractivity contribution in [2.45, 2.75) is 25.6 Å². The van der Waals surface area contributed by atoms with Gasteiger partial charge in [-0.1, -0.05) is 29.3 Å². The fourth-order valence-corrected chi connectivity index (χ4v) is 4.48. The molecule has 11 heteroatoms. The summed E-state index contributed by atoms with van der Waals surface area (Å²) in [6, 6.07) is 5.82. The van der Waals surface area contributed by atoms with Crippen molar-refractivity contribution in [2.24, 2.45) is 4.99 Å². The van der Waals surface area contributed by atoms with Crippen LogP contribution in [0.15, 0.2) is 35.3 Å². The molecule has 1 fully saturated rings. The van der Waals surface area contributed by atoms with Crippen molar-refractivity contribution >= 4 is 34.8 Å². The van der Waals surface area contributed by atoms with E-state index in [0.717, 1.165) is 12.1 Å². The first-order valence-corrected chi connectivity index (χ1v) is 10.9. The van der Waals surface area contributed by atoms with Crippen LogP contribution in [0.4, 0.5) is 13.2 Å². The number of likely N-dealkylation sites (tertiary alicyclic amines) is 1. The van der Waals surface area contributed by atoms with E-state index in [2.05, 4.69) is 15.1 Å². The molecular formula is C22H16Cl2F3N5O. The maximum atomic E-state index is 14.7. The lowest BCUT2D eigenvalue weighted by Crippen LogP contribution is -2.30. The first kappa shape index (κ1) is 21.9. The molecule has 33 heavy (non-hydrogen) atoms. The number of aliphatic imine (C=N–C) groups is 1. The lowest BCUT2D eigenvalue weighted by Gasteiger charge is -2.15. The highest BCUT2D eigenvalue weighted by atomic mass is 35.5. The molecule has 1 aromatic heterocycles. The van der Waals surface area contributed by atoms with Crippen molar-refractivity contribution in [1.29, 1.82) is 0 Å². The van der Waals surface area contributed by atoms with Crippen molar-refractivity contribution in [3.8, 4) is 5.69 Å². The molecule has 6 nitrogen and oxygen atoms in total. The second-order valence-corrected chi connectivity index (χ2v) is 8.63. The smallest absolute Gasteiger partial charge is 0.293 e. The predicted octanol–water partition coefficient (Wildman–Crippen LogP) is 4.95. The molecule has 0 spiro atoms. The largest absolute Gasteiger partial charge is 0.333 e. The van der Waals surface area contributed by atoms with Crippen molar-refractivity contribution in [2.75, 3.05) is 13.1 Å². The van der Waals surface area contributed by atoms with E-state index in [1.165, 1.54) is 21.7 Å². The van der Waals surface area contributed by atoms with Gasteiger partial charge in [-0.2, -0.15) is 0 Å². The van der Waals surface area contributed by atoms with Crippen LogP contribution >= 0.6 is 23.2 Å². The van der Waals surface area contributed by atoms with Crippen LogP contribution in [0.5, 0.6) is 0 Å². The quantitative estimate of drug-likeness (QED) is 0.507. The van der Waals surface area contributed by atoms with Gasteiger partial charge in [0.15, 0.2) is 5.82 Å². The van der Waals surface area contributed by atoms with E-state index in [-0.39, 0.29) is 58.0 Å². The molecule has 5 rings (SSSR count). The summed E-state index contributed by atoms with van der Waals surface area (Å²) >= 11 is 12.7. The van der Waals surface area contributed by atoms with Gasteiger partial charge in [-0.3, -0.25) is 9.79 Å². The first-order chi connectivity index (χ1) is 15.8. The summed E-state index contributed by atoms with van der Waals surface area (Å²) in [6.45, 7) is 1.90. The van der Waals surface area contributed by atoms with Crippen LogP contribution in [-0.4, -0.2) is 50.5 Å². The van der Waals surface area contributed by atoms with Gasteiger partial charge >= 0.3 is 0 Å². The standard InChI is InChI=1S/C22H16Cl2F3N5O/c1-10-21-29-20(22(33)31-8-7-11(25)9-31)30-32(21)15-6-5-12(23)18(24)17(15)19(28-10)16-13(26)3-2-4-14(16)27/h2-6,10-11H,7-9H2,1H3/t10-,11+/m0/s1. The number of halogens is 5. The Bertz CT molecular complexity index is 1310. The number of fused-ring (bicyclic) bond motifs is 3. The fraction of sp³-hybridized carbons (Fsp3) is 0.273. The Morgan fingerprint density at radius 3 is 2.52 bits per heavy atom. The summed E-state index contributed by atoms with van der Waals surface area (Å²) in [5.41, 5.74) is 0.0672. The molecule has 2 aromatic carbocycles. The Kier molecular flexibility index (Phi) is 5.41. The van der Waals surface area contributed by atoms with Crippen LogP contribution in [-0.2, 0) is 0 Å². The summed E-state index contributed by atoms with van der Waals surface area (Å²) in [6.07, 6.45) is -0.827. The van der Waals surface area contributed by atoms with E-state index in [4.69, 9.17) is 23.2 Å². The highest BCUT2D eigenvalue weighted by Gasteiger charge is 2.34. The third kappa shape index (κ3) is 3.59. The number of hydrogen-bond acceptors (Lipinski definition) is 4. The predicted molar refractivity (Wildman–Crippen MR) is 117 cm³/mol. The summed E-state index contributed by atoms with van der Waals surface area (Å²) < 4.78 is 44.4. The molecule has 0 N–H and O–H groups in total. The minimum atomic E-state index is -1.09. The number of nitrogens with zero attached hydrogens (tertiary/aromatic N) is 5. The Labute approximate surface area is 196 Å². The Morgan fingerprint density at radius 1 is 1.12 bits per heavy atom. The van der Waals surface area contributed by atoms with Gasteiger partial charge in [-0.25, -0.2) is 22.8 Å². The minimum Gasteiger partial charge on any atom is -0.333 e. The molecule has 2 atom stereocenters. The lowest BCUT2D eigenvalue weighted by atomic mass is 9.99. The van der Waals surface area contributed by atoms with Gasteiger partial charge in [0, 0.05) is 12.1 Å². The van der Waals surface area contributed by atoms with E-state index in [0.29, 0.717) is 5.69 Å². The molecule has 3 aromatic rings. The average Bonchev–Trinajstić information content (AvgIpc) is 3.39. The molecule has 0 unspecified atom stereocenters. The molecule has 0 radical (unpaired) electrons. The highest BCUT2D eigenvalue weighted by molar-refractivity contribution is 6.45. The molecule has 0 saturated carbocycles. The number of hydrogen-bond donors (Lipinski definition) is 0. The number of amides is 1. The number of rotatable bonds is 2. The van der Waals surface area contributed by atoms with Gasteiger partial charge in [-0.05, 0) is 37.6 Å². The Morgan fingerprint density at radius 2 is 1.85 bits per heavy atom. The number of benzene rings is 2. The van der Waals surface area contributed by atoms with E-state index in [9.17, 15) is 18.0 Å². The number of carbonyl (C=O) groups is 1. The van der Waals surface area contributed by atoms with E-state index in [1.54, 1.807) is 13.0 Å². The zero-order valence-corrected chi connectivity index (χ0v) is 18.7. The zero-order valence-electron chi connectivity index (χ0n) is 17.2. The van der Waals surface area contributed by atoms with Gasteiger partial charge in [-0.15, -0.1) is 5.10 Å². The normalized spacial score (nSPS) is 19.7. The average molecular weight is 494 g/mol. The van der Waals surface area contributed by atoms with Crippen molar-refractivity contribution in [3.05, 3.63) is 74.8 Å². The summed E-state index contributed by atoms with van der Waals surface area (Å²) in [5.74, 6) is -2.00. The summed E-state index contributed by atoms with van der Waals surface area (Å²) in [5, 5.41) is 4.52. The second-order valence-electron chi connectivity index (χ2n) is 7.85. The van der Waals surface area contributed by atoms with Crippen molar-refractivity contribution < 1.29 is 18.0 Å². The van der Waals surface area contributed by atoms with Crippen LogP contribution in [0.1, 0.15) is 47.0 Å². The van der Waals surface area contributed by atoms with Crippen LogP contribution in [0.3, 0.4) is 0 Å². The molecular weight excluding hydrogens is 478 g/mol. The molecule has 0 bridgehead atoms. The van der Waals surface area contributed by atoms with Crippen molar-refractivity contribution in [3.63, 3.8) is 0 Å². The summed E-state index contributed by atoms with van der Waals surface area (Å²) in [4.78, 5) is 23.1. The molecule has 2 aliphatic heterocycles. The van der Waals surface area contributed by atoms with Crippen LogP contribution < -0.4 is 0 Å². The first-order valence-electron chi connectivity index (χ1n) is 10.2. The monoisotopic (exact) mass is 493 g/mol. The van der Waals surface area contributed by atoms with Crippen LogP contribution in [0.2, 0.25) is 10.0 Å². The highest BCUT2D eigenvalue weighted by Crippen LogP contribution is 2.38. The van der Waals surface area contributed by atoms with Gasteiger partial charge in [0.2, 0.25) is 5.82 Å². The zero-order chi connectivity index (χ0) is 23.4. The Hall–Kier alpha value is -2.91. The van der Waals surface area contributed by atoms with E-state index < -0.39 is 29.8 Å². The molecule has 170 valence electrons. The summed E-state index contributed by atoms with van der Waals surface area (Å²) in [7, 11) is 0. The Balaban J connectivity index is 1.71. The van der Waals surface area contributed by atoms with E-state index in [1.807, 2.05) is 0 Å². The second kappa shape index (κ2) is 8.14. The molecule has 0 aliphatic carbocycles. The van der Waals surface area contributed by atoms with Gasteiger partial charge in [0.25, 0.3) is 5.91 Å². The molecule has 3 heterocycles. The topological polar surface area (TPSA) is 63.4 Å². The number of alkyl halides is 1. The van der Waals surface area contributed by atoms with Gasteiger partial charge in [0.1, 0.15) is 23.8 Å². The van der Waals surface area contributed by atoms with Crippen LogP contribution in [0.25, 0.3) is 5.69 Å². The third-order valence-electron chi connectivity index (χ3n) is 5.68. The fourth-order valence-electron chi connectivity index (χ4n) is 4.08. The molecule has 2 aliphatic rings. The van der Waals surface area contributed by atoms with Gasteiger partial charge < -0.3 is 4.90 Å². The molecule has 1 saturated heterocycles. The van der Waals surface area contributed by atoms with Gasteiger partial charge in [0.05, 0.1) is 33.6 Å². The maximum Gasteiger partial charge on any atom is 0.293 e. The van der Waals surface area contributed by atoms with Crippen LogP contribution in [0, 0.1) is 11.6 Å². The van der Waals surface area contributed by atoms with Crippen molar-refractivity contribution in [1.82, 2.24) is 19.7 Å². The minimum absolute atomic E-state index is 0.0227. The molecule has 1 amide bonds. The SMILES string of the molecule is C[C@@H]1N=C(c2c(F)cccc2F)c2c(ccc(Cl)c2Cl)-n2nc(C(=O)N3CC[C@@H](F)C3)nc21. The van der Waals surface area contributed by atoms with E-state index >= 15 is 0 Å². The maximum absolute atomic E-state index is 14.7. The number of carbonyl (C=O) groups excluding carboxylic acids is 1.